The highest BCUT2D eigenvalue weighted by atomic mass is 32.2. The number of allylic oxidation sites excluding steroid dienone is 1. The lowest BCUT2D eigenvalue weighted by atomic mass is 10.1. The zero-order valence-corrected chi connectivity index (χ0v) is 21.4. The van der Waals surface area contributed by atoms with Gasteiger partial charge in [0, 0.05) is 12.0 Å². The topological polar surface area (TPSA) is 119 Å². The summed E-state index contributed by atoms with van der Waals surface area (Å²) in [5.74, 6) is 1.56. The third-order valence-electron chi connectivity index (χ3n) is 5.25. The van der Waals surface area contributed by atoms with Crippen molar-refractivity contribution in [3.63, 3.8) is 0 Å². The lowest BCUT2D eigenvalue weighted by Crippen LogP contribution is -2.19. The van der Waals surface area contributed by atoms with Crippen molar-refractivity contribution in [1.29, 1.82) is 0 Å². The Labute approximate surface area is 214 Å². The zero-order chi connectivity index (χ0) is 25.9. The predicted octanol–water partition coefficient (Wildman–Crippen LogP) is 4.25. The first-order chi connectivity index (χ1) is 17.4. The van der Waals surface area contributed by atoms with Crippen LogP contribution >= 0.6 is 11.8 Å². The molecular weight excluding hydrogens is 480 g/mol. The second kappa shape index (κ2) is 13.3. The molecule has 3 rings (SSSR count). The minimum atomic E-state index is -0.317. The molecule has 0 bridgehead atoms. The van der Waals surface area contributed by atoms with E-state index in [0.29, 0.717) is 40.8 Å². The summed E-state index contributed by atoms with van der Waals surface area (Å²) < 4.78 is 16.1. The molecule has 9 nitrogen and oxygen atoms in total. The lowest BCUT2D eigenvalue weighted by Gasteiger charge is -2.09. The van der Waals surface area contributed by atoms with E-state index in [2.05, 4.69) is 39.4 Å². The van der Waals surface area contributed by atoms with Crippen molar-refractivity contribution in [2.24, 2.45) is 5.10 Å². The maximum absolute atomic E-state index is 12.1. The smallest absolute Gasteiger partial charge is 0.277 e. The number of thioether (sulfide) groups is 1. The Morgan fingerprint density at radius 2 is 2.00 bits per heavy atom. The van der Waals surface area contributed by atoms with Crippen LogP contribution in [0.2, 0.25) is 0 Å². The fourth-order valence-electron chi connectivity index (χ4n) is 3.51. The van der Waals surface area contributed by atoms with E-state index in [1.165, 1.54) is 18.9 Å². The number of aromatic hydroxyl groups is 1. The molecule has 0 aliphatic rings. The largest absolute Gasteiger partial charge is 0.504 e. The highest BCUT2D eigenvalue weighted by Crippen LogP contribution is 2.31. The summed E-state index contributed by atoms with van der Waals surface area (Å²) >= 11 is 1.14. The van der Waals surface area contributed by atoms with E-state index in [0.717, 1.165) is 35.9 Å². The first kappa shape index (κ1) is 26.8. The van der Waals surface area contributed by atoms with Gasteiger partial charge in [-0.3, -0.25) is 4.79 Å². The number of benzene rings is 2. The molecule has 0 saturated carbocycles. The Bertz CT molecular complexity index is 1230. The van der Waals surface area contributed by atoms with Gasteiger partial charge in [-0.1, -0.05) is 30.0 Å². The number of hydrogen-bond donors (Lipinski definition) is 2. The highest BCUT2D eigenvalue weighted by molar-refractivity contribution is 7.99. The molecule has 0 fully saturated rings. The van der Waals surface area contributed by atoms with Gasteiger partial charge in [0.25, 0.3) is 11.1 Å². The first-order valence-corrected chi connectivity index (χ1v) is 12.3. The quantitative estimate of drug-likeness (QED) is 0.152. The van der Waals surface area contributed by atoms with Crippen LogP contribution in [0.15, 0.2) is 57.7 Å². The number of carbonyl (C=O) groups excluding carboxylic acids is 1. The maximum atomic E-state index is 12.1. The van der Waals surface area contributed by atoms with Crippen molar-refractivity contribution in [1.82, 2.24) is 15.6 Å². The van der Waals surface area contributed by atoms with Gasteiger partial charge in [-0.2, -0.15) is 5.10 Å². The molecule has 2 N–H and O–H groups in total. The van der Waals surface area contributed by atoms with Crippen LogP contribution in [0.3, 0.4) is 0 Å². The van der Waals surface area contributed by atoms with Crippen LogP contribution in [0.5, 0.6) is 17.2 Å². The van der Waals surface area contributed by atoms with Crippen LogP contribution in [-0.4, -0.2) is 47.4 Å². The van der Waals surface area contributed by atoms with Gasteiger partial charge in [0.2, 0.25) is 5.89 Å². The van der Waals surface area contributed by atoms with Crippen molar-refractivity contribution < 1.29 is 23.8 Å². The molecule has 1 heterocycles. The SMILES string of the molecule is C=CCc1cc(C=NNC(=O)CSc2nnc(CCCc3ccc(OC)c(C)c3)o2)cc(OC)c1O. The lowest BCUT2D eigenvalue weighted by molar-refractivity contribution is -0.118. The second-order valence-corrected chi connectivity index (χ2v) is 8.85. The van der Waals surface area contributed by atoms with E-state index in [1.807, 2.05) is 13.0 Å². The number of phenolic OH excluding ortho intramolecular Hbond substituents is 1. The Balaban J connectivity index is 1.43. The molecule has 10 heteroatoms. The number of rotatable bonds is 13. The van der Waals surface area contributed by atoms with Crippen LogP contribution < -0.4 is 14.9 Å². The third-order valence-corrected chi connectivity index (χ3v) is 6.07. The standard InChI is InChI=1S/C26H30N4O5S/c1-5-7-20-13-19(14-22(34-4)25(20)32)15-27-28-23(31)16-36-26-30-29-24(35-26)9-6-8-18-10-11-21(33-3)17(2)12-18/h5,10-15,32H,1,6-9,16H2,2-4H3,(H,28,31). The minimum absolute atomic E-state index is 0.0599. The Morgan fingerprint density at radius 3 is 2.72 bits per heavy atom. The van der Waals surface area contributed by atoms with Gasteiger partial charge in [-0.25, -0.2) is 5.43 Å². The van der Waals surface area contributed by atoms with E-state index in [9.17, 15) is 9.90 Å². The van der Waals surface area contributed by atoms with E-state index in [1.54, 1.807) is 25.3 Å². The number of nitrogens with one attached hydrogen (secondary N) is 1. The molecule has 36 heavy (non-hydrogen) atoms. The van der Waals surface area contributed by atoms with Crippen molar-refractivity contribution in [3.8, 4) is 17.2 Å². The number of aryl methyl sites for hydroxylation is 3. The van der Waals surface area contributed by atoms with Gasteiger partial charge < -0.3 is 19.0 Å². The summed E-state index contributed by atoms with van der Waals surface area (Å²) in [6, 6.07) is 9.53. The predicted molar refractivity (Wildman–Crippen MR) is 139 cm³/mol. The molecule has 2 aromatic carbocycles. The van der Waals surface area contributed by atoms with Gasteiger partial charge in [0.05, 0.1) is 26.2 Å². The summed E-state index contributed by atoms with van der Waals surface area (Å²) in [6.45, 7) is 5.71. The monoisotopic (exact) mass is 510 g/mol. The Kier molecular flexibility index (Phi) is 9.93. The van der Waals surface area contributed by atoms with Gasteiger partial charge in [-0.15, -0.1) is 16.8 Å². The first-order valence-electron chi connectivity index (χ1n) is 11.3. The molecule has 0 atom stereocenters. The third kappa shape index (κ3) is 7.61. The fourth-order valence-corrected chi connectivity index (χ4v) is 4.08. The van der Waals surface area contributed by atoms with Crippen molar-refractivity contribution in [3.05, 3.63) is 71.1 Å². The highest BCUT2D eigenvalue weighted by Gasteiger charge is 2.11. The van der Waals surface area contributed by atoms with Gasteiger partial charge in [-0.05, 0) is 61.1 Å². The molecule has 0 spiro atoms. The molecule has 0 radical (unpaired) electrons. The summed E-state index contributed by atoms with van der Waals surface area (Å²) in [5, 5.41) is 22.5. The van der Waals surface area contributed by atoms with Crippen LogP contribution in [0, 0.1) is 6.92 Å². The number of amides is 1. The molecular formula is C26H30N4O5S. The number of carbonyl (C=O) groups is 1. The molecule has 0 saturated heterocycles. The zero-order valence-electron chi connectivity index (χ0n) is 20.6. The molecule has 1 amide bonds. The summed E-state index contributed by atoms with van der Waals surface area (Å²) in [7, 11) is 3.14. The number of ether oxygens (including phenoxy) is 2. The molecule has 1 aromatic heterocycles. The normalized spacial score (nSPS) is 11.0. The van der Waals surface area contributed by atoms with Crippen LogP contribution in [0.25, 0.3) is 0 Å². The van der Waals surface area contributed by atoms with E-state index in [-0.39, 0.29) is 17.4 Å². The number of nitrogens with zero attached hydrogens (tertiary/aromatic N) is 3. The number of hydrazone groups is 1. The average Bonchev–Trinajstić information content (AvgIpc) is 3.32. The van der Waals surface area contributed by atoms with Crippen LogP contribution in [-0.2, 0) is 24.1 Å². The van der Waals surface area contributed by atoms with Crippen molar-refractivity contribution >= 4 is 23.9 Å². The Morgan fingerprint density at radius 1 is 1.19 bits per heavy atom. The van der Waals surface area contributed by atoms with Crippen LogP contribution in [0.1, 0.15) is 34.6 Å². The van der Waals surface area contributed by atoms with Gasteiger partial charge >= 0.3 is 0 Å². The average molecular weight is 511 g/mol. The maximum Gasteiger partial charge on any atom is 0.277 e. The molecule has 0 aliphatic heterocycles. The summed E-state index contributed by atoms with van der Waals surface area (Å²) in [4.78, 5) is 12.1. The van der Waals surface area contributed by atoms with E-state index in [4.69, 9.17) is 13.9 Å². The summed E-state index contributed by atoms with van der Waals surface area (Å²) in [5.41, 5.74) is 6.11. The van der Waals surface area contributed by atoms with Gasteiger partial charge in [0.15, 0.2) is 11.5 Å². The second-order valence-electron chi connectivity index (χ2n) is 7.92. The number of phenols is 1. The number of hydrogen-bond acceptors (Lipinski definition) is 9. The van der Waals surface area contributed by atoms with Crippen LogP contribution in [0.4, 0.5) is 0 Å². The summed E-state index contributed by atoms with van der Waals surface area (Å²) in [6.07, 6.45) is 6.03. The van der Waals surface area contributed by atoms with E-state index < -0.39 is 0 Å². The van der Waals surface area contributed by atoms with Crippen molar-refractivity contribution in [2.45, 2.75) is 37.8 Å². The molecule has 0 unspecified atom stereocenters. The minimum Gasteiger partial charge on any atom is -0.504 e. The molecule has 3 aromatic rings. The van der Waals surface area contributed by atoms with Crippen molar-refractivity contribution in [2.75, 3.05) is 20.0 Å². The number of methoxy groups -OCH3 is 2. The van der Waals surface area contributed by atoms with E-state index >= 15 is 0 Å². The fraction of sp³-hybridized carbons (Fsp3) is 0.308. The Hall–Kier alpha value is -3.79. The van der Waals surface area contributed by atoms with Gasteiger partial charge in [0.1, 0.15) is 5.75 Å². The molecule has 190 valence electrons. The molecule has 0 aliphatic carbocycles. The number of aromatic nitrogens is 2.